The number of aliphatic hydroxyl groups excluding tert-OH is 1. The van der Waals surface area contributed by atoms with Crippen LogP contribution in [0.2, 0.25) is 0 Å². The summed E-state index contributed by atoms with van der Waals surface area (Å²) in [6.45, 7) is 4.65. The Balaban J connectivity index is 4.24. The zero-order chi connectivity index (χ0) is 45.0. The van der Waals surface area contributed by atoms with Gasteiger partial charge in [-0.1, -0.05) is 217 Å². The molecule has 0 aliphatic carbocycles. The average molecular weight is 881 g/mol. The van der Waals surface area contributed by atoms with Crippen molar-refractivity contribution >= 4 is 13.7 Å². The maximum Gasteiger partial charge on any atom is 0.268 e. The number of phosphoric acid groups is 1. The van der Waals surface area contributed by atoms with Gasteiger partial charge in [0.1, 0.15) is 13.2 Å². The van der Waals surface area contributed by atoms with E-state index in [0.29, 0.717) is 17.4 Å². The minimum atomic E-state index is -4.59. The maximum absolute atomic E-state index is 12.9. The first-order chi connectivity index (χ1) is 29.5. The van der Waals surface area contributed by atoms with Gasteiger partial charge in [-0.3, -0.25) is 9.36 Å². The summed E-state index contributed by atoms with van der Waals surface area (Å²) in [5.41, 5.74) is 0. The number of amides is 1. The molecule has 0 saturated carbocycles. The third-order valence-corrected chi connectivity index (χ3v) is 12.6. The zero-order valence-electron chi connectivity index (χ0n) is 40.9. The molecule has 3 unspecified atom stereocenters. The van der Waals surface area contributed by atoms with Crippen molar-refractivity contribution in [2.45, 2.75) is 251 Å². The van der Waals surface area contributed by atoms with E-state index in [1.54, 1.807) is 6.08 Å². The van der Waals surface area contributed by atoms with E-state index < -0.39 is 20.0 Å². The Labute approximate surface area is 378 Å². The lowest BCUT2D eigenvalue weighted by atomic mass is 10.0. The van der Waals surface area contributed by atoms with Crippen molar-refractivity contribution in [2.24, 2.45) is 0 Å². The summed E-state index contributed by atoms with van der Waals surface area (Å²) in [7, 11) is 1.26. The van der Waals surface area contributed by atoms with Gasteiger partial charge in [-0.25, -0.2) is 0 Å². The van der Waals surface area contributed by atoms with Crippen LogP contribution in [-0.4, -0.2) is 68.5 Å². The summed E-state index contributed by atoms with van der Waals surface area (Å²) < 4.78 is 23.3. The Hall–Kier alpha value is -1.28. The van der Waals surface area contributed by atoms with Crippen molar-refractivity contribution in [1.29, 1.82) is 0 Å². The van der Waals surface area contributed by atoms with Crippen LogP contribution in [0, 0.1) is 0 Å². The molecule has 61 heavy (non-hydrogen) atoms. The number of likely N-dealkylation sites (N-methyl/N-ethyl adjacent to an activating group) is 1. The van der Waals surface area contributed by atoms with Gasteiger partial charge < -0.3 is 28.8 Å². The first-order valence-corrected chi connectivity index (χ1v) is 27.3. The van der Waals surface area contributed by atoms with Gasteiger partial charge in [0.2, 0.25) is 5.91 Å². The Morgan fingerprint density at radius 2 is 0.951 bits per heavy atom. The Morgan fingerprint density at radius 1 is 0.574 bits per heavy atom. The molecule has 0 spiro atoms. The van der Waals surface area contributed by atoms with Crippen molar-refractivity contribution in [1.82, 2.24) is 5.32 Å². The van der Waals surface area contributed by atoms with Crippen LogP contribution in [0.4, 0.5) is 0 Å². The largest absolute Gasteiger partial charge is 0.756 e. The second kappa shape index (κ2) is 43.9. The molecule has 0 bridgehead atoms. The first-order valence-electron chi connectivity index (χ1n) is 25.9. The molecule has 3 atom stereocenters. The fourth-order valence-corrected chi connectivity index (χ4v) is 8.20. The highest BCUT2D eigenvalue weighted by Gasteiger charge is 2.23. The summed E-state index contributed by atoms with van der Waals surface area (Å²) >= 11 is 0. The third kappa shape index (κ3) is 46.5. The van der Waals surface area contributed by atoms with E-state index in [9.17, 15) is 19.4 Å². The summed E-state index contributed by atoms with van der Waals surface area (Å²) in [6.07, 6.45) is 54.9. The van der Waals surface area contributed by atoms with Crippen LogP contribution in [0.3, 0.4) is 0 Å². The fourth-order valence-electron chi connectivity index (χ4n) is 7.48. The highest BCUT2D eigenvalue weighted by molar-refractivity contribution is 7.45. The molecule has 2 N–H and O–H groups in total. The normalized spacial score (nSPS) is 14.4. The molecule has 0 aromatic rings. The van der Waals surface area contributed by atoms with Crippen LogP contribution in [0.15, 0.2) is 36.5 Å². The minimum Gasteiger partial charge on any atom is -0.756 e. The highest BCUT2D eigenvalue weighted by atomic mass is 31.2. The van der Waals surface area contributed by atoms with Crippen LogP contribution >= 0.6 is 7.82 Å². The third-order valence-electron chi connectivity index (χ3n) is 11.6. The molecule has 360 valence electrons. The monoisotopic (exact) mass is 881 g/mol. The van der Waals surface area contributed by atoms with Gasteiger partial charge in [0.15, 0.2) is 0 Å². The minimum absolute atomic E-state index is 0.00182. The molecule has 0 rings (SSSR count). The predicted octanol–water partition coefficient (Wildman–Crippen LogP) is 14.4. The number of allylic oxidation sites excluding steroid dienone is 5. The van der Waals surface area contributed by atoms with Crippen LogP contribution in [0.1, 0.15) is 239 Å². The summed E-state index contributed by atoms with van der Waals surface area (Å²) in [6, 6.07) is -0.887. The lowest BCUT2D eigenvalue weighted by Crippen LogP contribution is -2.45. The number of aliphatic hydroxyl groups is 1. The van der Waals surface area contributed by atoms with E-state index in [4.69, 9.17) is 9.05 Å². The first kappa shape index (κ1) is 59.7. The lowest BCUT2D eigenvalue weighted by molar-refractivity contribution is -0.870. The van der Waals surface area contributed by atoms with Crippen LogP contribution in [-0.2, 0) is 18.4 Å². The number of carbonyl (C=O) groups excluding carboxylic acids is 1. The molecule has 0 radical (unpaired) electrons. The van der Waals surface area contributed by atoms with Gasteiger partial charge in [-0.2, -0.15) is 0 Å². The van der Waals surface area contributed by atoms with Gasteiger partial charge >= 0.3 is 0 Å². The van der Waals surface area contributed by atoms with Gasteiger partial charge in [0.25, 0.3) is 7.82 Å². The topological polar surface area (TPSA) is 108 Å². The molecule has 0 heterocycles. The zero-order valence-corrected chi connectivity index (χ0v) is 41.8. The lowest BCUT2D eigenvalue weighted by Gasteiger charge is -2.29. The Bertz CT molecular complexity index is 1090. The number of unbranched alkanes of at least 4 members (excludes halogenated alkanes) is 30. The molecular formula is C52H101N2O6P. The molecule has 1 amide bonds. The molecule has 0 aliphatic heterocycles. The van der Waals surface area contributed by atoms with Crippen LogP contribution in [0.5, 0.6) is 0 Å². The molecule has 0 aromatic heterocycles. The molecule has 0 aliphatic rings. The smallest absolute Gasteiger partial charge is 0.268 e. The molecule has 9 heteroatoms. The van der Waals surface area contributed by atoms with Gasteiger partial charge in [0.05, 0.1) is 39.9 Å². The second-order valence-electron chi connectivity index (χ2n) is 18.9. The molecule has 8 nitrogen and oxygen atoms in total. The van der Waals surface area contributed by atoms with E-state index >= 15 is 0 Å². The van der Waals surface area contributed by atoms with Crippen molar-refractivity contribution in [3.63, 3.8) is 0 Å². The average Bonchev–Trinajstić information content (AvgIpc) is 3.21. The van der Waals surface area contributed by atoms with Crippen LogP contribution < -0.4 is 10.2 Å². The summed E-state index contributed by atoms with van der Waals surface area (Å²) in [5, 5.41) is 13.8. The number of hydrogen-bond acceptors (Lipinski definition) is 6. The van der Waals surface area contributed by atoms with Crippen molar-refractivity contribution in [3.8, 4) is 0 Å². The number of nitrogens with zero attached hydrogens (tertiary/aromatic N) is 1. The van der Waals surface area contributed by atoms with Crippen molar-refractivity contribution in [3.05, 3.63) is 36.5 Å². The number of hydrogen-bond donors (Lipinski definition) is 2. The standard InChI is InChI=1S/C52H101N2O6P/c1-6-8-10-12-14-16-18-20-22-23-24-25-26-27-28-29-30-31-32-34-36-38-40-42-44-46-52(56)53-50(49-60-61(57,58)59-48-47-54(3,4)5)51(55)45-43-41-39-37-35-33-21-19-17-15-13-11-9-7-2/h24-25,27-28,43,45,50-51,55H,6-23,26,29-42,44,46-49H2,1-5H3,(H-,53,56,57,58)/b25-24-,28-27-,45-43+. The Kier molecular flexibility index (Phi) is 43.0. The molecule has 0 fully saturated rings. The molecule has 0 aromatic carbocycles. The van der Waals surface area contributed by atoms with Crippen molar-refractivity contribution < 1.29 is 32.9 Å². The number of phosphoric ester groups is 1. The van der Waals surface area contributed by atoms with Crippen LogP contribution in [0.25, 0.3) is 0 Å². The number of nitrogens with one attached hydrogen (secondary N) is 1. The molecular weight excluding hydrogens is 780 g/mol. The number of quaternary nitrogens is 1. The quantitative estimate of drug-likeness (QED) is 0.0273. The van der Waals surface area contributed by atoms with E-state index in [1.165, 1.54) is 173 Å². The Morgan fingerprint density at radius 3 is 1.36 bits per heavy atom. The van der Waals surface area contributed by atoms with Gasteiger partial charge in [0, 0.05) is 6.42 Å². The predicted molar refractivity (Wildman–Crippen MR) is 261 cm³/mol. The fraction of sp³-hybridized carbons (Fsp3) is 0.865. The summed E-state index contributed by atoms with van der Waals surface area (Å²) in [4.78, 5) is 25.4. The highest BCUT2D eigenvalue weighted by Crippen LogP contribution is 2.38. The van der Waals surface area contributed by atoms with E-state index in [-0.39, 0.29) is 19.1 Å². The number of carbonyl (C=O) groups is 1. The van der Waals surface area contributed by atoms with E-state index in [1.807, 2.05) is 27.2 Å². The van der Waals surface area contributed by atoms with Gasteiger partial charge in [-0.15, -0.1) is 0 Å². The second-order valence-corrected chi connectivity index (χ2v) is 20.3. The molecule has 0 saturated heterocycles. The van der Waals surface area contributed by atoms with Gasteiger partial charge in [-0.05, 0) is 51.4 Å². The number of rotatable bonds is 47. The van der Waals surface area contributed by atoms with E-state index in [2.05, 4.69) is 43.5 Å². The maximum atomic E-state index is 12.9. The summed E-state index contributed by atoms with van der Waals surface area (Å²) in [5.74, 6) is -0.201. The van der Waals surface area contributed by atoms with Crippen molar-refractivity contribution in [2.75, 3.05) is 40.9 Å². The SMILES string of the molecule is CCCCCCCCCCC/C=C\C/C=C\CCCCCCCCCCCC(=O)NC(COP(=O)([O-])OCC[N+](C)(C)C)C(O)/C=C/CCCCCCCCCCCCCC. The van der Waals surface area contributed by atoms with E-state index in [0.717, 1.165) is 44.9 Å².